The summed E-state index contributed by atoms with van der Waals surface area (Å²) in [5.74, 6) is -1.07. The van der Waals surface area contributed by atoms with E-state index in [1.807, 2.05) is 0 Å². The molecule has 0 spiro atoms. The molecule has 12 heteroatoms. The minimum absolute atomic E-state index is 0.0471. The Labute approximate surface area is 162 Å². The molecule has 2 rings (SSSR count). The van der Waals surface area contributed by atoms with Gasteiger partial charge in [0.1, 0.15) is 16.8 Å². The van der Waals surface area contributed by atoms with E-state index >= 15 is 0 Å². The molecule has 29 heavy (non-hydrogen) atoms. The summed E-state index contributed by atoms with van der Waals surface area (Å²) < 4.78 is 119. The van der Waals surface area contributed by atoms with E-state index in [2.05, 4.69) is 4.98 Å². The summed E-state index contributed by atoms with van der Waals surface area (Å²) in [6.07, 6.45) is -8.57. The normalized spacial score (nSPS) is 14.3. The third-order valence-corrected chi connectivity index (χ3v) is 5.97. The van der Waals surface area contributed by atoms with Crippen molar-refractivity contribution in [3.8, 4) is 0 Å². The number of halogens is 7. The summed E-state index contributed by atoms with van der Waals surface area (Å²) >= 11 is 0. The average molecular weight is 444 g/mol. The Morgan fingerprint density at radius 3 is 2.14 bits per heavy atom. The minimum Gasteiger partial charge on any atom is -0.260 e. The maximum absolute atomic E-state index is 13.8. The van der Waals surface area contributed by atoms with E-state index in [0.29, 0.717) is 36.7 Å². The predicted octanol–water partition coefficient (Wildman–Crippen LogP) is 4.86. The van der Waals surface area contributed by atoms with Crippen molar-refractivity contribution in [2.24, 2.45) is 0 Å². The van der Waals surface area contributed by atoms with Crippen molar-refractivity contribution in [2.75, 3.05) is 6.54 Å². The fraction of sp³-hybridized carbons (Fsp3) is 0.353. The van der Waals surface area contributed by atoms with Gasteiger partial charge in [-0.2, -0.15) is 30.6 Å². The first-order valence-electron chi connectivity index (χ1n) is 8.06. The number of alkyl halides is 6. The first-order chi connectivity index (χ1) is 13.2. The predicted molar refractivity (Wildman–Crippen MR) is 88.7 cm³/mol. The van der Waals surface area contributed by atoms with Gasteiger partial charge < -0.3 is 0 Å². The molecule has 0 saturated heterocycles. The van der Waals surface area contributed by atoms with Gasteiger partial charge in [0.25, 0.3) is 0 Å². The first kappa shape index (κ1) is 23.1. The number of benzene rings is 1. The standard InChI is InChI=1S/C17H15F7N2O2S/c1-3-26(29(27,28)13-7-12(18)8-25-9-13)15(17(22,23)24)11-4-5-14(10(2)6-11)16(19,20)21/h4-9,15H,3H2,1-2H3/t15-/m1/s1. The van der Waals surface area contributed by atoms with Gasteiger partial charge in [-0.3, -0.25) is 4.98 Å². The third kappa shape index (κ3) is 4.86. The summed E-state index contributed by atoms with van der Waals surface area (Å²) in [6.45, 7) is 1.42. The fourth-order valence-electron chi connectivity index (χ4n) is 2.85. The number of nitrogens with zero attached hydrogens (tertiary/aromatic N) is 2. The number of hydrogen-bond acceptors (Lipinski definition) is 3. The maximum atomic E-state index is 13.8. The van der Waals surface area contributed by atoms with Gasteiger partial charge in [-0.15, -0.1) is 0 Å². The molecule has 0 bridgehead atoms. The van der Waals surface area contributed by atoms with Crippen molar-refractivity contribution in [1.82, 2.24) is 9.29 Å². The number of pyridine rings is 1. The van der Waals surface area contributed by atoms with Crippen LogP contribution in [0, 0.1) is 12.7 Å². The molecule has 0 fully saturated rings. The summed E-state index contributed by atoms with van der Waals surface area (Å²) in [5.41, 5.74) is -2.33. The van der Waals surface area contributed by atoms with E-state index in [-0.39, 0.29) is 4.31 Å². The van der Waals surface area contributed by atoms with Gasteiger partial charge >= 0.3 is 12.4 Å². The Kier molecular flexibility index (Phi) is 6.29. The Morgan fingerprint density at radius 1 is 1.07 bits per heavy atom. The van der Waals surface area contributed by atoms with Crippen molar-refractivity contribution >= 4 is 10.0 Å². The monoisotopic (exact) mass is 444 g/mol. The van der Waals surface area contributed by atoms with Gasteiger partial charge in [-0.05, 0) is 30.2 Å². The van der Waals surface area contributed by atoms with E-state index in [0.717, 1.165) is 13.8 Å². The summed E-state index contributed by atoms with van der Waals surface area (Å²) in [6, 6.07) is -0.579. The fourth-order valence-corrected chi connectivity index (χ4v) is 4.44. The number of hydrogen-bond donors (Lipinski definition) is 0. The first-order valence-corrected chi connectivity index (χ1v) is 9.50. The van der Waals surface area contributed by atoms with Gasteiger partial charge in [0.15, 0.2) is 0 Å². The van der Waals surface area contributed by atoms with E-state index in [1.165, 1.54) is 0 Å². The Hall–Kier alpha value is -2.21. The van der Waals surface area contributed by atoms with Crippen molar-refractivity contribution in [1.29, 1.82) is 0 Å². The zero-order valence-corrected chi connectivity index (χ0v) is 15.8. The van der Waals surface area contributed by atoms with Gasteiger partial charge in [-0.1, -0.05) is 19.1 Å². The smallest absolute Gasteiger partial charge is 0.260 e. The highest BCUT2D eigenvalue weighted by molar-refractivity contribution is 7.89. The quantitative estimate of drug-likeness (QED) is 0.619. The average Bonchev–Trinajstić information content (AvgIpc) is 2.57. The van der Waals surface area contributed by atoms with E-state index in [9.17, 15) is 39.2 Å². The van der Waals surface area contributed by atoms with E-state index in [4.69, 9.17) is 0 Å². The van der Waals surface area contributed by atoms with Crippen LogP contribution in [-0.4, -0.2) is 30.4 Å². The second-order valence-corrected chi connectivity index (χ2v) is 7.95. The molecule has 0 aliphatic carbocycles. The van der Waals surface area contributed by atoms with Crippen molar-refractivity contribution in [2.45, 2.75) is 37.1 Å². The summed E-state index contributed by atoms with van der Waals surface area (Å²) in [4.78, 5) is 2.52. The van der Waals surface area contributed by atoms with Gasteiger partial charge in [0.05, 0.1) is 11.8 Å². The molecule has 0 N–H and O–H groups in total. The number of aromatic nitrogens is 1. The van der Waals surface area contributed by atoms with Crippen LogP contribution in [0.4, 0.5) is 30.7 Å². The van der Waals surface area contributed by atoms with Crippen molar-refractivity contribution in [3.05, 3.63) is 59.2 Å². The largest absolute Gasteiger partial charge is 0.416 e. The van der Waals surface area contributed by atoms with Crippen LogP contribution in [0.1, 0.15) is 29.7 Å². The lowest BCUT2D eigenvalue weighted by atomic mass is 9.99. The SMILES string of the molecule is CCN([C@H](c1ccc(C(F)(F)F)c(C)c1)C(F)(F)F)S(=O)(=O)c1cncc(F)c1. The Balaban J connectivity index is 2.64. The van der Waals surface area contributed by atoms with Crippen LogP contribution < -0.4 is 0 Å². The molecular formula is C17H15F7N2O2S. The van der Waals surface area contributed by atoms with Crippen LogP contribution in [0.2, 0.25) is 0 Å². The third-order valence-electron chi connectivity index (χ3n) is 4.07. The highest BCUT2D eigenvalue weighted by atomic mass is 32.2. The van der Waals surface area contributed by atoms with Crippen molar-refractivity contribution < 1.29 is 39.2 Å². The second kappa shape index (κ2) is 7.90. The molecule has 0 radical (unpaired) electrons. The highest BCUT2D eigenvalue weighted by Gasteiger charge is 2.49. The Morgan fingerprint density at radius 2 is 1.69 bits per heavy atom. The summed E-state index contributed by atoms with van der Waals surface area (Å²) in [5, 5.41) is 0. The molecule has 1 aromatic carbocycles. The van der Waals surface area contributed by atoms with Crippen molar-refractivity contribution in [3.63, 3.8) is 0 Å². The summed E-state index contributed by atoms with van der Waals surface area (Å²) in [7, 11) is -4.87. The van der Waals surface area contributed by atoms with Gasteiger partial charge in [0.2, 0.25) is 10.0 Å². The van der Waals surface area contributed by atoms with Crippen LogP contribution >= 0.6 is 0 Å². The molecule has 0 saturated carbocycles. The van der Waals surface area contributed by atoms with Crippen LogP contribution in [0.15, 0.2) is 41.6 Å². The second-order valence-electron chi connectivity index (χ2n) is 6.06. The minimum atomic E-state index is -5.16. The lowest BCUT2D eigenvalue weighted by Crippen LogP contribution is -2.42. The van der Waals surface area contributed by atoms with Crippen LogP contribution in [0.5, 0.6) is 0 Å². The Bertz CT molecular complexity index is 988. The number of rotatable bonds is 5. The molecular weight excluding hydrogens is 429 g/mol. The zero-order chi connectivity index (χ0) is 22.2. The molecule has 4 nitrogen and oxygen atoms in total. The van der Waals surface area contributed by atoms with Gasteiger partial charge in [-0.25, -0.2) is 12.8 Å². The molecule has 2 aromatic rings. The molecule has 0 aliphatic rings. The molecule has 160 valence electrons. The topological polar surface area (TPSA) is 50.3 Å². The van der Waals surface area contributed by atoms with Crippen LogP contribution in [-0.2, 0) is 16.2 Å². The molecule has 0 unspecified atom stereocenters. The molecule has 1 aromatic heterocycles. The van der Waals surface area contributed by atoms with Crippen LogP contribution in [0.25, 0.3) is 0 Å². The lowest BCUT2D eigenvalue weighted by molar-refractivity contribution is -0.173. The van der Waals surface area contributed by atoms with Gasteiger partial charge in [0, 0.05) is 12.7 Å². The zero-order valence-electron chi connectivity index (χ0n) is 15.0. The lowest BCUT2D eigenvalue weighted by Gasteiger charge is -2.32. The molecule has 0 aliphatic heterocycles. The molecule has 1 heterocycles. The van der Waals surface area contributed by atoms with E-state index in [1.54, 1.807) is 0 Å². The highest BCUT2D eigenvalue weighted by Crippen LogP contribution is 2.42. The number of aryl methyl sites for hydroxylation is 1. The van der Waals surface area contributed by atoms with E-state index < -0.39 is 62.4 Å². The number of sulfonamides is 1. The van der Waals surface area contributed by atoms with Crippen LogP contribution in [0.3, 0.4) is 0 Å². The molecule has 1 atom stereocenters. The molecule has 0 amide bonds. The maximum Gasteiger partial charge on any atom is 0.416 e.